The van der Waals surface area contributed by atoms with Crippen LogP contribution in [0, 0.1) is 0 Å². The van der Waals surface area contributed by atoms with E-state index in [4.69, 9.17) is 0 Å². The summed E-state index contributed by atoms with van der Waals surface area (Å²) in [6, 6.07) is 4.81. The summed E-state index contributed by atoms with van der Waals surface area (Å²) in [5, 5.41) is 2.75. The third-order valence-electron chi connectivity index (χ3n) is 2.98. The first-order valence-corrected chi connectivity index (χ1v) is 8.05. The largest absolute Gasteiger partial charge is 0.352 e. The van der Waals surface area contributed by atoms with E-state index in [-0.39, 0.29) is 11.5 Å². The summed E-state index contributed by atoms with van der Waals surface area (Å²) in [6.45, 7) is 0.611. The number of hydrogen-bond acceptors (Lipinski definition) is 4. The molecule has 19 heavy (non-hydrogen) atoms. The van der Waals surface area contributed by atoms with E-state index in [2.05, 4.69) is 5.32 Å². The zero-order valence-electron chi connectivity index (χ0n) is 10.6. The number of benzene rings is 1. The van der Waals surface area contributed by atoms with Gasteiger partial charge in [-0.15, -0.1) is 0 Å². The Kier molecular flexibility index (Phi) is 3.71. The molecule has 0 bridgehead atoms. The molecule has 0 radical (unpaired) electrons. The van der Waals surface area contributed by atoms with Gasteiger partial charge in [0.25, 0.3) is 5.91 Å². The highest BCUT2D eigenvalue weighted by Crippen LogP contribution is 2.17. The minimum absolute atomic E-state index is 0.207. The van der Waals surface area contributed by atoms with Gasteiger partial charge in [-0.1, -0.05) is 12.1 Å². The Morgan fingerprint density at radius 2 is 2.11 bits per heavy atom. The van der Waals surface area contributed by atoms with Crippen molar-refractivity contribution in [2.24, 2.45) is 0 Å². The number of amides is 1. The second kappa shape index (κ2) is 5.13. The van der Waals surface area contributed by atoms with E-state index in [9.17, 15) is 18.0 Å². The fourth-order valence-electron chi connectivity index (χ4n) is 2.08. The van der Waals surface area contributed by atoms with Gasteiger partial charge in [-0.25, -0.2) is 8.42 Å². The van der Waals surface area contributed by atoms with Crippen LogP contribution in [0.15, 0.2) is 18.2 Å². The number of ketones is 1. The first kappa shape index (κ1) is 13.7. The Balaban J connectivity index is 2.35. The number of carbonyl (C=O) groups is 2. The standard InChI is InChI=1S/C13H15NO4S/c1-19(17,18)8-12(15)10-5-4-9-3-2-6-14-13(16)11(9)7-10/h4-5,7H,2-3,6,8H2,1H3,(H,14,16). The fourth-order valence-corrected chi connectivity index (χ4v) is 2.72. The smallest absolute Gasteiger partial charge is 0.251 e. The van der Waals surface area contributed by atoms with Crippen molar-refractivity contribution in [1.82, 2.24) is 5.32 Å². The number of sulfone groups is 1. The van der Waals surface area contributed by atoms with Gasteiger partial charge in [0.05, 0.1) is 0 Å². The molecule has 102 valence electrons. The van der Waals surface area contributed by atoms with E-state index < -0.39 is 21.4 Å². The summed E-state index contributed by atoms with van der Waals surface area (Å²) in [5.41, 5.74) is 1.63. The molecule has 0 atom stereocenters. The SMILES string of the molecule is CS(=O)(=O)CC(=O)c1ccc2c(c1)C(=O)NCCC2. The van der Waals surface area contributed by atoms with Crippen molar-refractivity contribution >= 4 is 21.5 Å². The molecule has 1 heterocycles. The number of aryl methyl sites for hydroxylation is 1. The molecule has 1 aromatic rings. The summed E-state index contributed by atoms with van der Waals surface area (Å²) >= 11 is 0. The lowest BCUT2D eigenvalue weighted by molar-refractivity contribution is 0.0956. The second-order valence-corrected chi connectivity index (χ2v) is 6.86. The molecule has 1 amide bonds. The second-order valence-electron chi connectivity index (χ2n) is 4.72. The first-order chi connectivity index (χ1) is 8.87. The van der Waals surface area contributed by atoms with Gasteiger partial charge in [0.15, 0.2) is 15.6 Å². The number of hydrogen-bond donors (Lipinski definition) is 1. The molecule has 5 nitrogen and oxygen atoms in total. The molecular formula is C13H15NO4S. The molecule has 1 aromatic carbocycles. The van der Waals surface area contributed by atoms with Gasteiger partial charge >= 0.3 is 0 Å². The van der Waals surface area contributed by atoms with Crippen LogP contribution in [-0.2, 0) is 16.3 Å². The third kappa shape index (κ3) is 3.41. The first-order valence-electron chi connectivity index (χ1n) is 5.99. The lowest BCUT2D eigenvalue weighted by Crippen LogP contribution is -2.23. The topological polar surface area (TPSA) is 80.3 Å². The maximum atomic E-state index is 11.8. The van der Waals surface area contributed by atoms with Gasteiger partial charge in [0.2, 0.25) is 0 Å². The quantitative estimate of drug-likeness (QED) is 0.822. The van der Waals surface area contributed by atoms with Crippen LogP contribution < -0.4 is 5.32 Å². The minimum Gasteiger partial charge on any atom is -0.352 e. The molecule has 0 fully saturated rings. The Bertz CT molecular complexity index is 634. The molecule has 1 aliphatic heterocycles. The Morgan fingerprint density at radius 3 is 2.79 bits per heavy atom. The van der Waals surface area contributed by atoms with Crippen molar-refractivity contribution in [3.05, 3.63) is 34.9 Å². The number of rotatable bonds is 3. The van der Waals surface area contributed by atoms with Crippen molar-refractivity contribution in [2.45, 2.75) is 12.8 Å². The predicted molar refractivity (Wildman–Crippen MR) is 71.1 cm³/mol. The number of Topliss-reactive ketones (excluding diaryl/α,β-unsaturated/α-hetero) is 1. The van der Waals surface area contributed by atoms with Crippen molar-refractivity contribution in [1.29, 1.82) is 0 Å². The highest BCUT2D eigenvalue weighted by atomic mass is 32.2. The van der Waals surface area contributed by atoms with Crippen LogP contribution in [0.1, 0.15) is 32.7 Å². The lowest BCUT2D eigenvalue weighted by atomic mass is 9.99. The summed E-state index contributed by atoms with van der Waals surface area (Å²) in [6.07, 6.45) is 2.64. The number of fused-ring (bicyclic) bond motifs is 1. The van der Waals surface area contributed by atoms with Crippen LogP contribution in [0.25, 0.3) is 0 Å². The van der Waals surface area contributed by atoms with Gasteiger partial charge < -0.3 is 5.32 Å². The van der Waals surface area contributed by atoms with Crippen LogP contribution in [-0.4, -0.2) is 38.7 Å². The maximum Gasteiger partial charge on any atom is 0.251 e. The molecule has 6 heteroatoms. The van der Waals surface area contributed by atoms with E-state index >= 15 is 0 Å². The van der Waals surface area contributed by atoms with E-state index in [0.29, 0.717) is 12.1 Å². The van der Waals surface area contributed by atoms with E-state index in [1.807, 2.05) is 0 Å². The molecule has 1 N–H and O–H groups in total. The van der Waals surface area contributed by atoms with Crippen molar-refractivity contribution < 1.29 is 18.0 Å². The summed E-state index contributed by atoms with van der Waals surface area (Å²) in [5.74, 6) is -1.23. The Hall–Kier alpha value is -1.69. The van der Waals surface area contributed by atoms with Crippen LogP contribution in [0.5, 0.6) is 0 Å². The van der Waals surface area contributed by atoms with Gasteiger partial charge in [0.1, 0.15) is 5.75 Å². The van der Waals surface area contributed by atoms with Gasteiger partial charge in [-0.05, 0) is 24.5 Å². The zero-order valence-corrected chi connectivity index (χ0v) is 11.4. The monoisotopic (exact) mass is 281 g/mol. The molecule has 0 spiro atoms. The van der Waals surface area contributed by atoms with Crippen LogP contribution >= 0.6 is 0 Å². The maximum absolute atomic E-state index is 11.8. The lowest BCUT2D eigenvalue weighted by Gasteiger charge is -2.07. The summed E-state index contributed by atoms with van der Waals surface area (Å²) in [4.78, 5) is 23.7. The van der Waals surface area contributed by atoms with Crippen LogP contribution in [0.4, 0.5) is 0 Å². The van der Waals surface area contributed by atoms with Crippen molar-refractivity contribution in [3.8, 4) is 0 Å². The summed E-state index contributed by atoms with van der Waals surface area (Å²) < 4.78 is 22.2. The van der Waals surface area contributed by atoms with Crippen molar-refractivity contribution in [2.75, 3.05) is 18.6 Å². The van der Waals surface area contributed by atoms with Crippen LogP contribution in [0.2, 0.25) is 0 Å². The van der Waals surface area contributed by atoms with Crippen LogP contribution in [0.3, 0.4) is 0 Å². The number of nitrogens with one attached hydrogen (secondary N) is 1. The molecule has 0 aliphatic carbocycles. The average molecular weight is 281 g/mol. The molecule has 0 unspecified atom stereocenters. The minimum atomic E-state index is -3.36. The normalized spacial score (nSPS) is 15.3. The van der Waals surface area contributed by atoms with E-state index in [0.717, 1.165) is 24.7 Å². The molecule has 0 aromatic heterocycles. The molecule has 2 rings (SSSR count). The summed E-state index contributed by atoms with van der Waals surface area (Å²) in [7, 11) is -3.36. The third-order valence-corrected chi connectivity index (χ3v) is 3.76. The van der Waals surface area contributed by atoms with E-state index in [1.165, 1.54) is 6.07 Å². The zero-order chi connectivity index (χ0) is 14.0. The Labute approximate surface area is 111 Å². The Morgan fingerprint density at radius 1 is 1.37 bits per heavy atom. The molecular weight excluding hydrogens is 266 g/mol. The average Bonchev–Trinajstić information content (AvgIpc) is 2.49. The fraction of sp³-hybridized carbons (Fsp3) is 0.385. The van der Waals surface area contributed by atoms with Gasteiger partial charge in [-0.2, -0.15) is 0 Å². The number of carbonyl (C=O) groups excluding carboxylic acids is 2. The molecule has 1 aliphatic rings. The highest BCUT2D eigenvalue weighted by molar-refractivity contribution is 7.91. The predicted octanol–water partition coefficient (Wildman–Crippen LogP) is 0.590. The highest BCUT2D eigenvalue weighted by Gasteiger charge is 2.19. The van der Waals surface area contributed by atoms with Crippen molar-refractivity contribution in [3.63, 3.8) is 0 Å². The van der Waals surface area contributed by atoms with Gasteiger partial charge in [0, 0.05) is 23.9 Å². The van der Waals surface area contributed by atoms with E-state index in [1.54, 1.807) is 12.1 Å². The molecule has 0 saturated carbocycles. The molecule has 0 saturated heterocycles. The van der Waals surface area contributed by atoms with Gasteiger partial charge in [-0.3, -0.25) is 9.59 Å².